The van der Waals surface area contributed by atoms with E-state index in [4.69, 9.17) is 4.52 Å². The van der Waals surface area contributed by atoms with Gasteiger partial charge in [-0.15, -0.1) is 0 Å². The summed E-state index contributed by atoms with van der Waals surface area (Å²) in [5, 5.41) is 16.2. The summed E-state index contributed by atoms with van der Waals surface area (Å²) in [6, 6.07) is 15.7. The lowest BCUT2D eigenvalue weighted by Crippen LogP contribution is -2.31. The van der Waals surface area contributed by atoms with Crippen LogP contribution in [0.15, 0.2) is 59.1 Å². The number of nitrogens with zero attached hydrogens (tertiary/aromatic N) is 2. The zero-order valence-corrected chi connectivity index (χ0v) is 13.1. The number of aryl methyl sites for hydroxylation is 1. The Bertz CT molecular complexity index is 813. The highest BCUT2D eigenvalue weighted by Gasteiger charge is 2.21. The Kier molecular flexibility index (Phi) is 4.67. The van der Waals surface area contributed by atoms with Crippen molar-refractivity contribution in [1.29, 1.82) is 0 Å². The third kappa shape index (κ3) is 3.49. The fourth-order valence-electron chi connectivity index (χ4n) is 2.21. The van der Waals surface area contributed by atoms with E-state index in [2.05, 4.69) is 15.5 Å². The van der Waals surface area contributed by atoms with Crippen LogP contribution < -0.4 is 5.32 Å². The van der Waals surface area contributed by atoms with Crippen LogP contribution in [0.3, 0.4) is 0 Å². The maximum absolute atomic E-state index is 12.2. The van der Waals surface area contributed by atoms with Crippen molar-refractivity contribution in [2.45, 2.75) is 13.0 Å². The van der Waals surface area contributed by atoms with E-state index in [0.717, 1.165) is 11.1 Å². The van der Waals surface area contributed by atoms with Crippen molar-refractivity contribution < 1.29 is 14.4 Å². The summed E-state index contributed by atoms with van der Waals surface area (Å²) < 4.78 is 5.20. The molecule has 6 nitrogen and oxygen atoms in total. The highest BCUT2D eigenvalue weighted by atomic mass is 16.5. The fourth-order valence-corrected chi connectivity index (χ4v) is 2.21. The van der Waals surface area contributed by atoms with Gasteiger partial charge >= 0.3 is 0 Å². The molecule has 122 valence electrons. The third-order valence-electron chi connectivity index (χ3n) is 3.57. The van der Waals surface area contributed by atoms with E-state index < -0.39 is 6.04 Å². The Balaban J connectivity index is 1.77. The number of carbonyl (C=O) groups excluding carboxylic acids is 1. The first-order valence-electron chi connectivity index (χ1n) is 7.55. The highest BCUT2D eigenvalue weighted by Crippen LogP contribution is 2.19. The van der Waals surface area contributed by atoms with Gasteiger partial charge in [-0.05, 0) is 19.1 Å². The van der Waals surface area contributed by atoms with E-state index in [1.807, 2.05) is 37.3 Å². The van der Waals surface area contributed by atoms with Gasteiger partial charge in [0.15, 0.2) is 0 Å². The predicted octanol–water partition coefficient (Wildman–Crippen LogP) is 2.51. The van der Waals surface area contributed by atoms with Crippen molar-refractivity contribution in [3.8, 4) is 11.4 Å². The number of hydrogen-bond acceptors (Lipinski definition) is 5. The lowest BCUT2D eigenvalue weighted by Gasteiger charge is -2.11. The van der Waals surface area contributed by atoms with Crippen molar-refractivity contribution >= 4 is 5.91 Å². The van der Waals surface area contributed by atoms with Gasteiger partial charge in [0.05, 0.1) is 6.61 Å². The molecule has 3 aromatic rings. The van der Waals surface area contributed by atoms with Gasteiger partial charge in [-0.3, -0.25) is 4.79 Å². The first kappa shape index (κ1) is 15.9. The normalized spacial score (nSPS) is 11.9. The van der Waals surface area contributed by atoms with Crippen molar-refractivity contribution in [3.05, 3.63) is 71.6 Å². The van der Waals surface area contributed by atoms with Crippen LogP contribution in [0.2, 0.25) is 0 Å². The molecule has 24 heavy (non-hydrogen) atoms. The van der Waals surface area contributed by atoms with Gasteiger partial charge in [0, 0.05) is 11.1 Å². The Morgan fingerprint density at radius 1 is 1.17 bits per heavy atom. The largest absolute Gasteiger partial charge is 0.394 e. The molecule has 1 atom stereocenters. The second kappa shape index (κ2) is 7.06. The van der Waals surface area contributed by atoms with Crippen LogP contribution in [0.1, 0.15) is 27.9 Å². The molecular formula is C18H17N3O3. The van der Waals surface area contributed by atoms with Crippen LogP contribution in [-0.2, 0) is 0 Å². The quantitative estimate of drug-likeness (QED) is 0.753. The van der Waals surface area contributed by atoms with Crippen molar-refractivity contribution in [3.63, 3.8) is 0 Å². The molecule has 0 fully saturated rings. The lowest BCUT2D eigenvalue weighted by molar-refractivity contribution is 0.0901. The van der Waals surface area contributed by atoms with Crippen molar-refractivity contribution in [2.75, 3.05) is 6.61 Å². The summed E-state index contributed by atoms with van der Waals surface area (Å²) in [6.07, 6.45) is 0. The molecule has 1 aromatic heterocycles. The molecule has 2 N–H and O–H groups in total. The molecular weight excluding hydrogens is 306 g/mol. The molecule has 0 saturated heterocycles. The second-order valence-electron chi connectivity index (χ2n) is 5.40. The van der Waals surface area contributed by atoms with Gasteiger partial charge < -0.3 is 14.9 Å². The van der Waals surface area contributed by atoms with Crippen LogP contribution in [0, 0.1) is 6.92 Å². The number of nitrogens with one attached hydrogen (secondary N) is 1. The van der Waals surface area contributed by atoms with E-state index in [0.29, 0.717) is 11.4 Å². The molecule has 1 amide bonds. The Hall–Kier alpha value is -2.99. The molecule has 0 spiro atoms. The van der Waals surface area contributed by atoms with Gasteiger partial charge in [0.25, 0.3) is 11.8 Å². The average molecular weight is 323 g/mol. The molecule has 0 saturated carbocycles. The van der Waals surface area contributed by atoms with E-state index >= 15 is 0 Å². The SMILES string of the molecule is Cc1ccc(-c2noc(C(CO)NC(=O)c3ccccc3)n2)cc1. The molecule has 0 bridgehead atoms. The number of aromatic nitrogens is 2. The van der Waals surface area contributed by atoms with E-state index in [1.165, 1.54) is 0 Å². The summed E-state index contributed by atoms with van der Waals surface area (Å²) in [7, 11) is 0. The molecule has 0 aliphatic carbocycles. The van der Waals surface area contributed by atoms with Crippen LogP contribution in [0.25, 0.3) is 11.4 Å². The number of carbonyl (C=O) groups is 1. The van der Waals surface area contributed by atoms with Crippen LogP contribution in [0.4, 0.5) is 0 Å². The molecule has 1 unspecified atom stereocenters. The van der Waals surface area contributed by atoms with E-state index in [-0.39, 0.29) is 18.4 Å². The monoisotopic (exact) mass is 323 g/mol. The number of aliphatic hydroxyl groups is 1. The van der Waals surface area contributed by atoms with Crippen molar-refractivity contribution in [2.24, 2.45) is 0 Å². The van der Waals surface area contributed by atoms with Crippen molar-refractivity contribution in [1.82, 2.24) is 15.5 Å². The zero-order chi connectivity index (χ0) is 16.9. The third-order valence-corrected chi connectivity index (χ3v) is 3.57. The smallest absolute Gasteiger partial charge is 0.251 e. The molecule has 1 heterocycles. The first-order chi connectivity index (χ1) is 11.7. The number of amides is 1. The lowest BCUT2D eigenvalue weighted by atomic mass is 10.1. The van der Waals surface area contributed by atoms with Crippen LogP contribution >= 0.6 is 0 Å². The van der Waals surface area contributed by atoms with Gasteiger partial charge in [-0.25, -0.2) is 0 Å². The Labute approximate surface area is 139 Å². The van der Waals surface area contributed by atoms with Gasteiger partial charge in [0.1, 0.15) is 6.04 Å². The predicted molar refractivity (Wildman–Crippen MR) is 88.2 cm³/mol. The summed E-state index contributed by atoms with van der Waals surface area (Å²) in [6.45, 7) is 1.65. The standard InChI is InChI=1S/C18H17N3O3/c1-12-7-9-13(10-8-12)16-20-18(24-21-16)15(11-22)19-17(23)14-5-3-2-4-6-14/h2-10,15,22H,11H2,1H3,(H,19,23). The molecule has 0 radical (unpaired) electrons. The number of aliphatic hydroxyl groups excluding tert-OH is 1. The maximum atomic E-state index is 12.2. The minimum absolute atomic E-state index is 0.164. The number of hydrogen-bond donors (Lipinski definition) is 2. The average Bonchev–Trinajstić information content (AvgIpc) is 3.10. The van der Waals surface area contributed by atoms with Gasteiger partial charge in [0.2, 0.25) is 5.82 Å². The minimum atomic E-state index is -0.760. The minimum Gasteiger partial charge on any atom is -0.394 e. The molecule has 0 aliphatic heterocycles. The zero-order valence-electron chi connectivity index (χ0n) is 13.1. The number of benzene rings is 2. The van der Waals surface area contributed by atoms with Gasteiger partial charge in [-0.2, -0.15) is 4.98 Å². The Morgan fingerprint density at radius 2 is 1.88 bits per heavy atom. The summed E-state index contributed by atoms with van der Waals surface area (Å²) in [5.41, 5.74) is 2.43. The van der Waals surface area contributed by atoms with Crippen LogP contribution in [0.5, 0.6) is 0 Å². The fraction of sp³-hybridized carbons (Fsp3) is 0.167. The van der Waals surface area contributed by atoms with Crippen LogP contribution in [-0.4, -0.2) is 27.8 Å². The molecule has 0 aliphatic rings. The molecule has 3 rings (SSSR count). The van der Waals surface area contributed by atoms with E-state index in [9.17, 15) is 9.90 Å². The van der Waals surface area contributed by atoms with E-state index in [1.54, 1.807) is 24.3 Å². The maximum Gasteiger partial charge on any atom is 0.251 e. The van der Waals surface area contributed by atoms with Gasteiger partial charge in [-0.1, -0.05) is 53.2 Å². The molecule has 6 heteroatoms. The summed E-state index contributed by atoms with van der Waals surface area (Å²) in [5.74, 6) is 0.263. The second-order valence-corrected chi connectivity index (χ2v) is 5.40. The molecule has 2 aromatic carbocycles. The summed E-state index contributed by atoms with van der Waals surface area (Å²) in [4.78, 5) is 16.5. The number of rotatable bonds is 5. The Morgan fingerprint density at radius 3 is 2.54 bits per heavy atom. The topological polar surface area (TPSA) is 88.3 Å². The first-order valence-corrected chi connectivity index (χ1v) is 7.55. The highest BCUT2D eigenvalue weighted by molar-refractivity contribution is 5.94. The summed E-state index contributed by atoms with van der Waals surface area (Å²) >= 11 is 0.